The van der Waals surface area contributed by atoms with Crippen molar-refractivity contribution in [1.82, 2.24) is 9.97 Å². The van der Waals surface area contributed by atoms with Crippen LogP contribution < -0.4 is 5.32 Å². The van der Waals surface area contributed by atoms with Gasteiger partial charge in [0.2, 0.25) is 0 Å². The van der Waals surface area contributed by atoms with Gasteiger partial charge in [-0.1, -0.05) is 41.4 Å². The maximum atomic E-state index is 12.0. The standard InChI is InChI=1S/C17H20ClN3O2/c1-11-5-4-6-13(7-11)8-14(17(22)23-3)10-19-16-9-15(18)20-12(2)21-16/h4-7,9,14H,8,10H2,1-3H3,(H,19,20,21). The van der Waals surface area contributed by atoms with E-state index in [0.29, 0.717) is 29.8 Å². The molecule has 1 heterocycles. The number of hydrogen-bond donors (Lipinski definition) is 1. The minimum absolute atomic E-state index is 0.254. The van der Waals surface area contributed by atoms with E-state index < -0.39 is 0 Å². The second-order valence-electron chi connectivity index (χ2n) is 5.42. The maximum absolute atomic E-state index is 12.0. The Bertz CT molecular complexity index is 671. The topological polar surface area (TPSA) is 64.1 Å². The highest BCUT2D eigenvalue weighted by Gasteiger charge is 2.20. The van der Waals surface area contributed by atoms with Crippen molar-refractivity contribution >= 4 is 23.4 Å². The van der Waals surface area contributed by atoms with E-state index in [1.807, 2.05) is 25.1 Å². The number of aryl methyl sites for hydroxylation is 2. The van der Waals surface area contributed by atoms with E-state index in [1.165, 1.54) is 7.11 Å². The molecule has 1 N–H and O–H groups in total. The van der Waals surface area contributed by atoms with Gasteiger partial charge in [-0.3, -0.25) is 4.79 Å². The molecule has 23 heavy (non-hydrogen) atoms. The fourth-order valence-corrected chi connectivity index (χ4v) is 2.60. The number of benzene rings is 1. The lowest BCUT2D eigenvalue weighted by molar-refractivity contribution is -0.144. The summed E-state index contributed by atoms with van der Waals surface area (Å²) >= 11 is 5.92. The number of methoxy groups -OCH3 is 1. The van der Waals surface area contributed by atoms with Gasteiger partial charge in [-0.05, 0) is 25.8 Å². The van der Waals surface area contributed by atoms with Crippen molar-refractivity contribution in [3.05, 3.63) is 52.4 Å². The van der Waals surface area contributed by atoms with Gasteiger partial charge in [-0.2, -0.15) is 0 Å². The van der Waals surface area contributed by atoms with Crippen LogP contribution in [0.1, 0.15) is 17.0 Å². The first-order chi connectivity index (χ1) is 11.0. The largest absolute Gasteiger partial charge is 0.469 e. The molecule has 0 bridgehead atoms. The first-order valence-corrected chi connectivity index (χ1v) is 7.74. The summed E-state index contributed by atoms with van der Waals surface area (Å²) in [6.07, 6.45) is 0.596. The van der Waals surface area contributed by atoms with Gasteiger partial charge in [-0.15, -0.1) is 0 Å². The fourth-order valence-electron chi connectivity index (χ4n) is 2.38. The number of esters is 1. The number of anilines is 1. The Labute approximate surface area is 141 Å². The molecular formula is C17H20ClN3O2. The first kappa shape index (κ1) is 17.2. The molecule has 5 nitrogen and oxygen atoms in total. The molecule has 0 aliphatic carbocycles. The zero-order valence-electron chi connectivity index (χ0n) is 13.5. The molecule has 0 aliphatic rings. The summed E-state index contributed by atoms with van der Waals surface area (Å²) in [6.45, 7) is 4.20. The summed E-state index contributed by atoms with van der Waals surface area (Å²) in [5.74, 6) is 0.612. The Morgan fingerprint density at radius 1 is 1.30 bits per heavy atom. The van der Waals surface area contributed by atoms with Crippen LogP contribution in [-0.2, 0) is 16.0 Å². The van der Waals surface area contributed by atoms with Gasteiger partial charge < -0.3 is 10.1 Å². The number of nitrogens with zero attached hydrogens (tertiary/aromatic N) is 2. The quantitative estimate of drug-likeness (QED) is 0.649. The molecule has 1 aromatic carbocycles. The van der Waals surface area contributed by atoms with E-state index in [1.54, 1.807) is 13.0 Å². The Morgan fingerprint density at radius 3 is 2.74 bits per heavy atom. The average molecular weight is 334 g/mol. The van der Waals surface area contributed by atoms with Crippen LogP contribution in [0.4, 0.5) is 5.82 Å². The van der Waals surface area contributed by atoms with Gasteiger partial charge in [0.05, 0.1) is 13.0 Å². The molecule has 2 rings (SSSR count). The highest BCUT2D eigenvalue weighted by atomic mass is 35.5. The lowest BCUT2D eigenvalue weighted by atomic mass is 9.98. The van der Waals surface area contributed by atoms with Crippen molar-refractivity contribution in [3.8, 4) is 0 Å². The zero-order valence-corrected chi connectivity index (χ0v) is 14.2. The Hall–Kier alpha value is -2.14. The minimum atomic E-state index is -0.309. The number of nitrogens with one attached hydrogen (secondary N) is 1. The van der Waals surface area contributed by atoms with Crippen molar-refractivity contribution in [2.24, 2.45) is 5.92 Å². The maximum Gasteiger partial charge on any atom is 0.310 e. The molecule has 0 saturated heterocycles. The van der Waals surface area contributed by atoms with Crippen LogP contribution in [0.5, 0.6) is 0 Å². The van der Waals surface area contributed by atoms with E-state index in [9.17, 15) is 4.79 Å². The molecular weight excluding hydrogens is 314 g/mol. The molecule has 1 aromatic heterocycles. The van der Waals surface area contributed by atoms with Crippen LogP contribution in [0, 0.1) is 19.8 Å². The van der Waals surface area contributed by atoms with Crippen molar-refractivity contribution in [3.63, 3.8) is 0 Å². The summed E-state index contributed by atoms with van der Waals surface area (Å²) < 4.78 is 4.91. The normalized spacial score (nSPS) is 11.8. The third-order valence-electron chi connectivity index (χ3n) is 3.44. The van der Waals surface area contributed by atoms with Crippen molar-refractivity contribution < 1.29 is 9.53 Å². The number of ether oxygens (including phenoxy) is 1. The van der Waals surface area contributed by atoms with Crippen LogP contribution >= 0.6 is 11.6 Å². The summed E-state index contributed by atoms with van der Waals surface area (Å²) in [6, 6.07) is 9.73. The predicted molar refractivity (Wildman–Crippen MR) is 90.7 cm³/mol. The molecule has 0 radical (unpaired) electrons. The fraction of sp³-hybridized carbons (Fsp3) is 0.353. The van der Waals surface area contributed by atoms with Crippen LogP contribution in [0.3, 0.4) is 0 Å². The predicted octanol–water partition coefficient (Wildman–Crippen LogP) is 3.19. The molecule has 0 saturated carbocycles. The van der Waals surface area contributed by atoms with Gasteiger partial charge in [0.15, 0.2) is 0 Å². The molecule has 0 spiro atoms. The number of carbonyl (C=O) groups is 1. The van der Waals surface area contributed by atoms with Crippen LogP contribution in [-0.4, -0.2) is 29.6 Å². The van der Waals surface area contributed by atoms with E-state index in [2.05, 4.69) is 21.4 Å². The van der Waals surface area contributed by atoms with E-state index >= 15 is 0 Å². The lowest BCUT2D eigenvalue weighted by Gasteiger charge is -2.16. The summed E-state index contributed by atoms with van der Waals surface area (Å²) in [7, 11) is 1.40. The zero-order chi connectivity index (χ0) is 16.8. The summed E-state index contributed by atoms with van der Waals surface area (Å²) in [5, 5.41) is 3.51. The van der Waals surface area contributed by atoms with E-state index in [-0.39, 0.29) is 11.9 Å². The number of hydrogen-bond acceptors (Lipinski definition) is 5. The number of carbonyl (C=O) groups excluding carboxylic acids is 1. The molecule has 1 unspecified atom stereocenters. The van der Waals surface area contributed by atoms with E-state index in [4.69, 9.17) is 16.3 Å². The summed E-state index contributed by atoms with van der Waals surface area (Å²) in [4.78, 5) is 20.3. The average Bonchev–Trinajstić information content (AvgIpc) is 2.49. The Balaban J connectivity index is 2.08. The van der Waals surface area contributed by atoms with E-state index in [0.717, 1.165) is 11.1 Å². The van der Waals surface area contributed by atoms with Gasteiger partial charge in [0.25, 0.3) is 0 Å². The van der Waals surface area contributed by atoms with Gasteiger partial charge in [0, 0.05) is 12.6 Å². The molecule has 122 valence electrons. The van der Waals surface area contributed by atoms with Gasteiger partial charge in [-0.25, -0.2) is 9.97 Å². The second kappa shape index (κ2) is 7.92. The molecule has 0 fully saturated rings. The van der Waals surface area contributed by atoms with Crippen molar-refractivity contribution in [2.75, 3.05) is 19.0 Å². The molecule has 0 aliphatic heterocycles. The van der Waals surface area contributed by atoms with Crippen LogP contribution in [0.15, 0.2) is 30.3 Å². The number of halogens is 1. The lowest BCUT2D eigenvalue weighted by Crippen LogP contribution is -2.27. The van der Waals surface area contributed by atoms with Crippen molar-refractivity contribution in [1.29, 1.82) is 0 Å². The highest BCUT2D eigenvalue weighted by Crippen LogP contribution is 2.15. The van der Waals surface area contributed by atoms with Crippen molar-refractivity contribution in [2.45, 2.75) is 20.3 Å². The first-order valence-electron chi connectivity index (χ1n) is 7.36. The monoisotopic (exact) mass is 333 g/mol. The molecule has 2 aromatic rings. The minimum Gasteiger partial charge on any atom is -0.469 e. The third-order valence-corrected chi connectivity index (χ3v) is 3.63. The molecule has 6 heteroatoms. The Morgan fingerprint density at radius 2 is 2.09 bits per heavy atom. The second-order valence-corrected chi connectivity index (χ2v) is 5.80. The molecule has 1 atom stereocenters. The van der Waals surface area contributed by atoms with Crippen LogP contribution in [0.25, 0.3) is 0 Å². The third kappa shape index (κ3) is 5.21. The highest BCUT2D eigenvalue weighted by molar-refractivity contribution is 6.29. The summed E-state index contributed by atoms with van der Waals surface area (Å²) in [5.41, 5.74) is 2.26. The van der Waals surface area contributed by atoms with Gasteiger partial charge >= 0.3 is 5.97 Å². The van der Waals surface area contributed by atoms with Gasteiger partial charge in [0.1, 0.15) is 16.8 Å². The number of aromatic nitrogens is 2. The van der Waals surface area contributed by atoms with Crippen LogP contribution in [0.2, 0.25) is 5.15 Å². The Kier molecular flexibility index (Phi) is 5.93. The smallest absolute Gasteiger partial charge is 0.310 e. The number of rotatable bonds is 6. The SMILES string of the molecule is COC(=O)C(CNc1cc(Cl)nc(C)n1)Cc1cccc(C)c1. The molecule has 0 amide bonds.